The molecular weight excluding hydrogens is 314 g/mol. The van der Waals surface area contributed by atoms with E-state index in [0.29, 0.717) is 23.6 Å². The Bertz CT molecular complexity index is 765. The van der Waals surface area contributed by atoms with Crippen molar-refractivity contribution in [2.45, 2.75) is 13.0 Å². The Balaban J connectivity index is 1.59. The number of nitrogens with zero attached hydrogens (tertiary/aromatic N) is 1. The van der Waals surface area contributed by atoms with Crippen LogP contribution in [0.5, 0.6) is 5.75 Å². The summed E-state index contributed by atoms with van der Waals surface area (Å²) in [6.45, 7) is 0.490. The Hall–Kier alpha value is -2.51. The Morgan fingerprint density at radius 1 is 1.30 bits per heavy atom. The molecule has 116 valence electrons. The maximum absolute atomic E-state index is 12.2. The molecular formula is C18H14ClNO3. The maximum atomic E-state index is 12.2. The first-order valence-corrected chi connectivity index (χ1v) is 7.60. The molecule has 0 N–H and O–H groups in total. The first kappa shape index (κ1) is 15.4. The topological polar surface area (TPSA) is 59.3 Å². The molecule has 4 nitrogen and oxygen atoms in total. The SMILES string of the molecule is N#Cc1ccc(COC(=O)C2COc3ccc(Cl)cc3C2)cc1. The van der Waals surface area contributed by atoms with E-state index in [1.807, 2.05) is 18.2 Å². The number of carbonyl (C=O) groups is 1. The average molecular weight is 328 g/mol. The normalized spacial score (nSPS) is 15.9. The number of benzene rings is 2. The molecule has 2 aromatic carbocycles. The van der Waals surface area contributed by atoms with Crippen molar-refractivity contribution in [1.29, 1.82) is 5.26 Å². The van der Waals surface area contributed by atoms with Crippen LogP contribution in [0.25, 0.3) is 0 Å². The summed E-state index contributed by atoms with van der Waals surface area (Å²) in [5, 5.41) is 9.38. The van der Waals surface area contributed by atoms with Crippen molar-refractivity contribution in [3.63, 3.8) is 0 Å². The van der Waals surface area contributed by atoms with Crippen molar-refractivity contribution in [3.8, 4) is 11.8 Å². The first-order chi connectivity index (χ1) is 11.2. The predicted octanol–water partition coefficient (Wildman–Crippen LogP) is 3.51. The van der Waals surface area contributed by atoms with Gasteiger partial charge in [-0.05, 0) is 47.9 Å². The summed E-state index contributed by atoms with van der Waals surface area (Å²) < 4.78 is 11.0. The molecule has 0 aliphatic carbocycles. The molecule has 1 atom stereocenters. The molecule has 1 heterocycles. The van der Waals surface area contributed by atoms with Gasteiger partial charge >= 0.3 is 5.97 Å². The van der Waals surface area contributed by atoms with E-state index in [0.717, 1.165) is 16.9 Å². The molecule has 3 rings (SSSR count). The summed E-state index contributed by atoms with van der Waals surface area (Å²) in [5.74, 6) is 0.143. The summed E-state index contributed by atoms with van der Waals surface area (Å²) in [5.41, 5.74) is 2.34. The number of fused-ring (bicyclic) bond motifs is 1. The molecule has 1 aliphatic heterocycles. The number of esters is 1. The van der Waals surface area contributed by atoms with Gasteiger partial charge in [0.2, 0.25) is 0 Å². The van der Waals surface area contributed by atoms with Gasteiger partial charge in [-0.3, -0.25) is 4.79 Å². The van der Waals surface area contributed by atoms with E-state index in [1.165, 1.54) is 0 Å². The zero-order valence-electron chi connectivity index (χ0n) is 12.3. The van der Waals surface area contributed by atoms with Crippen LogP contribution in [-0.4, -0.2) is 12.6 Å². The van der Waals surface area contributed by atoms with E-state index in [9.17, 15) is 4.79 Å². The summed E-state index contributed by atoms with van der Waals surface area (Å²) in [7, 11) is 0. The van der Waals surface area contributed by atoms with Gasteiger partial charge < -0.3 is 9.47 Å². The number of hydrogen-bond acceptors (Lipinski definition) is 4. The quantitative estimate of drug-likeness (QED) is 0.809. The van der Waals surface area contributed by atoms with Gasteiger partial charge in [-0.2, -0.15) is 5.26 Å². The van der Waals surface area contributed by atoms with E-state index in [2.05, 4.69) is 0 Å². The van der Waals surface area contributed by atoms with Crippen LogP contribution >= 0.6 is 11.6 Å². The van der Waals surface area contributed by atoms with Gasteiger partial charge in [0, 0.05) is 5.02 Å². The summed E-state index contributed by atoms with van der Waals surface area (Å²) >= 11 is 5.98. The molecule has 1 unspecified atom stereocenters. The monoisotopic (exact) mass is 327 g/mol. The number of nitriles is 1. The second-order valence-electron chi connectivity index (χ2n) is 5.38. The van der Waals surface area contributed by atoms with E-state index >= 15 is 0 Å². The van der Waals surface area contributed by atoms with Crippen LogP contribution in [0.2, 0.25) is 5.02 Å². The zero-order valence-corrected chi connectivity index (χ0v) is 13.0. The van der Waals surface area contributed by atoms with Gasteiger partial charge in [-0.15, -0.1) is 0 Å². The molecule has 0 aromatic heterocycles. The molecule has 5 heteroatoms. The smallest absolute Gasteiger partial charge is 0.313 e. The lowest BCUT2D eigenvalue weighted by Gasteiger charge is -2.24. The second-order valence-corrected chi connectivity index (χ2v) is 5.82. The molecule has 23 heavy (non-hydrogen) atoms. The molecule has 0 fully saturated rings. The highest BCUT2D eigenvalue weighted by atomic mass is 35.5. The molecule has 0 spiro atoms. The number of rotatable bonds is 3. The lowest BCUT2D eigenvalue weighted by molar-refractivity contribution is -0.151. The van der Waals surface area contributed by atoms with Crippen molar-refractivity contribution in [1.82, 2.24) is 0 Å². The molecule has 0 saturated carbocycles. The predicted molar refractivity (Wildman–Crippen MR) is 85.1 cm³/mol. The van der Waals surface area contributed by atoms with Crippen molar-refractivity contribution >= 4 is 17.6 Å². The maximum Gasteiger partial charge on any atom is 0.313 e. The largest absolute Gasteiger partial charge is 0.492 e. The van der Waals surface area contributed by atoms with Gasteiger partial charge in [-0.25, -0.2) is 0 Å². The van der Waals surface area contributed by atoms with E-state index < -0.39 is 0 Å². The van der Waals surface area contributed by atoms with Gasteiger partial charge in [0.05, 0.1) is 17.6 Å². The highest BCUT2D eigenvalue weighted by Crippen LogP contribution is 2.30. The van der Waals surface area contributed by atoms with Crippen molar-refractivity contribution in [3.05, 3.63) is 64.2 Å². The Kier molecular flexibility index (Phi) is 4.50. The van der Waals surface area contributed by atoms with E-state index in [-0.39, 0.29) is 18.5 Å². The minimum Gasteiger partial charge on any atom is -0.492 e. The molecule has 0 bridgehead atoms. The molecule has 0 radical (unpaired) electrons. The van der Waals surface area contributed by atoms with Crippen LogP contribution < -0.4 is 4.74 Å². The average Bonchev–Trinajstić information content (AvgIpc) is 2.59. The van der Waals surface area contributed by atoms with Crippen molar-refractivity contribution in [2.24, 2.45) is 5.92 Å². The summed E-state index contributed by atoms with van der Waals surface area (Å²) in [4.78, 5) is 12.2. The van der Waals surface area contributed by atoms with E-state index in [1.54, 1.807) is 30.3 Å². The van der Waals surface area contributed by atoms with Crippen LogP contribution in [0, 0.1) is 17.2 Å². The molecule has 0 amide bonds. The number of carbonyl (C=O) groups excluding carboxylic acids is 1. The van der Waals surface area contributed by atoms with Crippen LogP contribution in [-0.2, 0) is 22.6 Å². The zero-order chi connectivity index (χ0) is 16.2. The molecule has 1 aliphatic rings. The highest BCUT2D eigenvalue weighted by Gasteiger charge is 2.27. The van der Waals surface area contributed by atoms with Crippen LogP contribution in [0.15, 0.2) is 42.5 Å². The van der Waals surface area contributed by atoms with E-state index in [4.69, 9.17) is 26.3 Å². The number of hydrogen-bond donors (Lipinski definition) is 0. The summed E-state index contributed by atoms with van der Waals surface area (Å²) in [6.07, 6.45) is 0.558. The second kappa shape index (κ2) is 6.72. The Morgan fingerprint density at radius 3 is 2.83 bits per heavy atom. The van der Waals surface area contributed by atoms with Crippen LogP contribution in [0.4, 0.5) is 0 Å². The third-order valence-electron chi connectivity index (χ3n) is 3.73. The fraction of sp³-hybridized carbons (Fsp3) is 0.222. The third-order valence-corrected chi connectivity index (χ3v) is 3.96. The van der Waals surface area contributed by atoms with Crippen LogP contribution in [0.3, 0.4) is 0 Å². The number of halogens is 1. The van der Waals surface area contributed by atoms with Crippen molar-refractivity contribution in [2.75, 3.05) is 6.61 Å². The van der Waals surface area contributed by atoms with Gasteiger partial charge in [-0.1, -0.05) is 23.7 Å². The minimum absolute atomic E-state index is 0.184. The van der Waals surface area contributed by atoms with Gasteiger partial charge in [0.1, 0.15) is 19.0 Å². The minimum atomic E-state index is -0.334. The molecule has 0 saturated heterocycles. The van der Waals surface area contributed by atoms with Gasteiger partial charge in [0.15, 0.2) is 0 Å². The molecule has 2 aromatic rings. The third kappa shape index (κ3) is 3.64. The Morgan fingerprint density at radius 2 is 2.09 bits per heavy atom. The Labute approximate surface area is 139 Å². The fourth-order valence-electron chi connectivity index (χ4n) is 2.46. The fourth-order valence-corrected chi connectivity index (χ4v) is 2.66. The number of ether oxygens (including phenoxy) is 2. The highest BCUT2D eigenvalue weighted by molar-refractivity contribution is 6.30. The van der Waals surface area contributed by atoms with Gasteiger partial charge in [0.25, 0.3) is 0 Å². The van der Waals surface area contributed by atoms with Crippen LogP contribution in [0.1, 0.15) is 16.7 Å². The lowest BCUT2D eigenvalue weighted by atomic mass is 9.97. The van der Waals surface area contributed by atoms with Crippen molar-refractivity contribution < 1.29 is 14.3 Å². The first-order valence-electron chi connectivity index (χ1n) is 7.22. The standard InChI is InChI=1S/C18H14ClNO3/c19-16-5-6-17-14(8-16)7-15(11-22-17)18(21)23-10-13-3-1-12(9-20)2-4-13/h1-6,8,15H,7,10-11H2. The lowest BCUT2D eigenvalue weighted by Crippen LogP contribution is -2.29. The summed E-state index contributed by atoms with van der Waals surface area (Å²) in [6, 6.07) is 14.4.